The van der Waals surface area contributed by atoms with Crippen molar-refractivity contribution >= 4 is 28.9 Å². The average Bonchev–Trinajstić information content (AvgIpc) is 2.61. The van der Waals surface area contributed by atoms with Crippen LogP contribution in [0.25, 0.3) is 0 Å². The van der Waals surface area contributed by atoms with Gasteiger partial charge in [-0.25, -0.2) is 0 Å². The Bertz CT molecular complexity index is 868. The molecule has 2 aromatic carbocycles. The number of ketones is 2. The summed E-state index contributed by atoms with van der Waals surface area (Å²) in [6, 6.07) is 8.59. The number of aliphatic carboxylic acids is 1. The summed E-state index contributed by atoms with van der Waals surface area (Å²) in [6.07, 6.45) is 0. The van der Waals surface area contributed by atoms with Gasteiger partial charge in [-0.05, 0) is 0 Å². The number of carboxylic acid groups (broad SMARTS) is 1. The lowest BCUT2D eigenvalue weighted by Crippen LogP contribution is -2.32. The molecule has 0 radical (unpaired) electrons. The molecule has 0 saturated heterocycles. The maximum atomic E-state index is 12.4. The van der Waals surface area contributed by atoms with Crippen molar-refractivity contribution in [1.29, 1.82) is 0 Å². The lowest BCUT2D eigenvalue weighted by Gasteiger charge is -2.10. The second kappa shape index (κ2) is 7.30. The van der Waals surface area contributed by atoms with Crippen LogP contribution in [0.5, 0.6) is 0 Å². The van der Waals surface area contributed by atoms with Gasteiger partial charge in [0, 0.05) is 35.4 Å². The molecular weight excluding hydrogens is 348 g/mol. The van der Waals surface area contributed by atoms with E-state index in [9.17, 15) is 39.7 Å². The Balaban J connectivity index is 2.44. The molecule has 1 N–H and O–H groups in total. The third-order valence-corrected chi connectivity index (χ3v) is 3.45. The van der Waals surface area contributed by atoms with Crippen molar-refractivity contribution in [2.24, 2.45) is 5.92 Å². The Labute approximate surface area is 145 Å². The van der Waals surface area contributed by atoms with E-state index in [1.807, 2.05) is 0 Å². The van der Waals surface area contributed by atoms with Crippen LogP contribution in [0, 0.1) is 26.1 Å². The van der Waals surface area contributed by atoms with Gasteiger partial charge < -0.3 is 5.11 Å². The third kappa shape index (κ3) is 3.75. The van der Waals surface area contributed by atoms with Crippen LogP contribution in [0.15, 0.2) is 48.5 Å². The number of carboxylic acids is 1. The normalized spacial score (nSPS) is 10.3. The van der Waals surface area contributed by atoms with Crippen LogP contribution in [0.4, 0.5) is 11.4 Å². The number of hydrogen-bond acceptors (Lipinski definition) is 7. The summed E-state index contributed by atoms with van der Waals surface area (Å²) in [5.41, 5.74) is -1.54. The number of nitro groups is 2. The smallest absolute Gasteiger partial charge is 0.322 e. The van der Waals surface area contributed by atoms with Gasteiger partial charge in [0.2, 0.25) is 0 Å². The Hall–Kier alpha value is -3.95. The average molecular weight is 358 g/mol. The molecule has 0 bridgehead atoms. The third-order valence-electron chi connectivity index (χ3n) is 3.45. The van der Waals surface area contributed by atoms with Gasteiger partial charge >= 0.3 is 5.97 Å². The van der Waals surface area contributed by atoms with E-state index in [0.717, 1.165) is 36.4 Å². The molecule has 0 unspecified atom stereocenters. The highest BCUT2D eigenvalue weighted by Gasteiger charge is 2.36. The van der Waals surface area contributed by atoms with Crippen LogP contribution in [-0.2, 0) is 4.79 Å². The Morgan fingerprint density at radius 3 is 1.50 bits per heavy atom. The summed E-state index contributed by atoms with van der Waals surface area (Å²) in [5.74, 6) is -6.26. The predicted molar refractivity (Wildman–Crippen MR) is 86.0 cm³/mol. The molecule has 2 rings (SSSR count). The van der Waals surface area contributed by atoms with Gasteiger partial charge in [0.1, 0.15) is 0 Å². The fraction of sp³-hybridized carbons (Fsp3) is 0.0625. The quantitative estimate of drug-likeness (QED) is 0.341. The first-order valence-electron chi connectivity index (χ1n) is 7.02. The number of carbonyl (C=O) groups excluding carboxylic acids is 2. The number of non-ortho nitro benzene ring substituents is 2. The van der Waals surface area contributed by atoms with Crippen molar-refractivity contribution in [2.45, 2.75) is 0 Å². The van der Waals surface area contributed by atoms with E-state index in [1.54, 1.807) is 0 Å². The minimum Gasteiger partial charge on any atom is -0.480 e. The van der Waals surface area contributed by atoms with Gasteiger partial charge in [-0.1, -0.05) is 24.3 Å². The molecule has 10 nitrogen and oxygen atoms in total. The fourth-order valence-corrected chi connectivity index (χ4v) is 2.22. The van der Waals surface area contributed by atoms with Gasteiger partial charge in [0.15, 0.2) is 17.5 Å². The van der Waals surface area contributed by atoms with Crippen molar-refractivity contribution in [3.05, 3.63) is 79.9 Å². The number of hydrogen-bond donors (Lipinski definition) is 1. The van der Waals surface area contributed by atoms with Crippen molar-refractivity contribution in [1.82, 2.24) is 0 Å². The Morgan fingerprint density at radius 2 is 1.19 bits per heavy atom. The molecule has 0 saturated carbocycles. The van der Waals surface area contributed by atoms with Crippen LogP contribution in [0.2, 0.25) is 0 Å². The van der Waals surface area contributed by atoms with E-state index in [0.29, 0.717) is 0 Å². The lowest BCUT2D eigenvalue weighted by atomic mass is 9.90. The molecular formula is C16H10N2O8. The Kier molecular flexibility index (Phi) is 5.16. The maximum Gasteiger partial charge on any atom is 0.322 e. The van der Waals surface area contributed by atoms with E-state index >= 15 is 0 Å². The molecule has 0 aromatic heterocycles. The molecule has 0 atom stereocenters. The van der Waals surface area contributed by atoms with E-state index in [4.69, 9.17) is 0 Å². The van der Waals surface area contributed by atoms with Gasteiger partial charge in [-0.3, -0.25) is 34.6 Å². The van der Waals surface area contributed by atoms with Crippen LogP contribution in [0.3, 0.4) is 0 Å². The molecule has 0 fully saturated rings. The number of nitrogens with zero attached hydrogens (tertiary/aromatic N) is 2. The summed E-state index contributed by atoms with van der Waals surface area (Å²) in [5, 5.41) is 30.9. The number of benzene rings is 2. The minimum atomic E-state index is -2.18. The van der Waals surface area contributed by atoms with Crippen LogP contribution in [-0.4, -0.2) is 32.5 Å². The summed E-state index contributed by atoms with van der Waals surface area (Å²) in [7, 11) is 0. The van der Waals surface area contributed by atoms with E-state index < -0.39 is 44.7 Å². The number of rotatable bonds is 7. The monoisotopic (exact) mass is 358 g/mol. The fourth-order valence-electron chi connectivity index (χ4n) is 2.22. The first-order valence-corrected chi connectivity index (χ1v) is 7.02. The molecule has 26 heavy (non-hydrogen) atoms. The molecule has 0 aliphatic carbocycles. The van der Waals surface area contributed by atoms with Gasteiger partial charge in [0.25, 0.3) is 11.4 Å². The number of nitro benzene ring substituents is 2. The first-order chi connectivity index (χ1) is 12.2. The molecule has 0 amide bonds. The summed E-state index contributed by atoms with van der Waals surface area (Å²) in [6.45, 7) is 0. The number of Topliss-reactive ketones (excluding diaryl/α,β-unsaturated/α-hetero) is 2. The van der Waals surface area contributed by atoms with E-state index in [2.05, 4.69) is 0 Å². The minimum absolute atomic E-state index is 0.328. The highest BCUT2D eigenvalue weighted by atomic mass is 16.6. The zero-order chi connectivity index (χ0) is 19.4. The number of carbonyl (C=O) groups is 3. The summed E-state index contributed by atoms with van der Waals surface area (Å²) < 4.78 is 0. The van der Waals surface area contributed by atoms with Crippen molar-refractivity contribution < 1.29 is 29.3 Å². The zero-order valence-corrected chi connectivity index (χ0v) is 12.9. The van der Waals surface area contributed by atoms with Crippen molar-refractivity contribution in [2.75, 3.05) is 0 Å². The SMILES string of the molecule is O=C(O)C(C(=O)c1cccc([N+](=O)[O-])c1)C(=O)c1cccc([N+](=O)[O-])c1. The molecule has 0 heterocycles. The lowest BCUT2D eigenvalue weighted by molar-refractivity contribution is -0.385. The first kappa shape index (κ1) is 18.4. The topological polar surface area (TPSA) is 158 Å². The predicted octanol–water partition coefficient (Wildman–Crippen LogP) is 2.27. The van der Waals surface area contributed by atoms with Crippen LogP contribution < -0.4 is 0 Å². The van der Waals surface area contributed by atoms with Gasteiger partial charge in [-0.2, -0.15) is 0 Å². The van der Waals surface area contributed by atoms with Gasteiger partial charge in [-0.15, -0.1) is 0 Å². The summed E-state index contributed by atoms with van der Waals surface area (Å²) >= 11 is 0. The molecule has 0 aliphatic rings. The van der Waals surface area contributed by atoms with Crippen LogP contribution >= 0.6 is 0 Å². The van der Waals surface area contributed by atoms with Gasteiger partial charge in [0.05, 0.1) is 9.85 Å². The van der Waals surface area contributed by atoms with Crippen molar-refractivity contribution in [3.8, 4) is 0 Å². The molecule has 10 heteroatoms. The highest BCUT2D eigenvalue weighted by Crippen LogP contribution is 2.21. The molecule has 2 aromatic rings. The van der Waals surface area contributed by atoms with Crippen LogP contribution in [0.1, 0.15) is 20.7 Å². The Morgan fingerprint density at radius 1 is 0.808 bits per heavy atom. The second-order valence-electron chi connectivity index (χ2n) is 5.11. The maximum absolute atomic E-state index is 12.4. The van der Waals surface area contributed by atoms with E-state index in [-0.39, 0.29) is 11.1 Å². The van der Waals surface area contributed by atoms with Crippen molar-refractivity contribution in [3.63, 3.8) is 0 Å². The summed E-state index contributed by atoms with van der Waals surface area (Å²) in [4.78, 5) is 56.4. The van der Waals surface area contributed by atoms with E-state index in [1.165, 1.54) is 12.1 Å². The largest absolute Gasteiger partial charge is 0.480 e. The molecule has 0 aliphatic heterocycles. The molecule has 0 spiro atoms. The standard InChI is InChI=1S/C16H10N2O8/c19-14(9-3-1-5-11(7-9)17(23)24)13(16(21)22)15(20)10-4-2-6-12(8-10)18(25)26/h1-8,13H,(H,21,22). The zero-order valence-electron chi connectivity index (χ0n) is 12.9. The second-order valence-corrected chi connectivity index (χ2v) is 5.11. The molecule has 132 valence electrons. The highest BCUT2D eigenvalue weighted by molar-refractivity contribution is 6.26.